The predicted octanol–water partition coefficient (Wildman–Crippen LogP) is 0.696. The molecule has 1 saturated heterocycles. The fourth-order valence-electron chi connectivity index (χ4n) is 1.55. The van der Waals surface area contributed by atoms with E-state index < -0.39 is 5.97 Å². The predicted molar refractivity (Wildman–Crippen MR) is 59.6 cm³/mol. The molecule has 0 bridgehead atoms. The Morgan fingerprint density at radius 3 is 3.06 bits per heavy atom. The number of hydrogen-bond acceptors (Lipinski definition) is 4. The summed E-state index contributed by atoms with van der Waals surface area (Å²) in [6.07, 6.45) is 0.445. The number of nitrogens with one attached hydrogen (secondary N) is 1. The molecular formula is C9H10BrN3O3. The maximum absolute atomic E-state index is 11.6. The van der Waals surface area contributed by atoms with Crippen LogP contribution in [0.25, 0.3) is 0 Å². The Morgan fingerprint density at radius 2 is 2.50 bits per heavy atom. The molecule has 1 fully saturated rings. The number of esters is 1. The third-order valence-corrected chi connectivity index (χ3v) is 2.94. The largest absolute Gasteiger partial charge is 0.464 e. The Kier molecular flexibility index (Phi) is 2.95. The number of nitrogens with zero attached hydrogens (tertiary/aromatic N) is 2. The SMILES string of the molecule is COC(=O)c1cc(N2CC(Br)CC2=O)n[nH]1. The van der Waals surface area contributed by atoms with Gasteiger partial charge < -0.3 is 4.74 Å². The summed E-state index contributed by atoms with van der Waals surface area (Å²) in [6.45, 7) is 0.560. The first-order valence-electron chi connectivity index (χ1n) is 4.70. The summed E-state index contributed by atoms with van der Waals surface area (Å²) >= 11 is 3.37. The van der Waals surface area contributed by atoms with Crippen LogP contribution in [0.5, 0.6) is 0 Å². The standard InChI is InChI=1S/C9H10BrN3O3/c1-16-9(15)6-3-7(12-11-6)13-4-5(10)2-8(13)14/h3,5H,2,4H2,1H3,(H,11,12). The zero-order valence-corrected chi connectivity index (χ0v) is 10.2. The molecule has 1 aromatic heterocycles. The Labute approximate surface area is 100 Å². The van der Waals surface area contributed by atoms with Gasteiger partial charge in [0, 0.05) is 23.9 Å². The van der Waals surface area contributed by atoms with E-state index in [1.165, 1.54) is 18.1 Å². The number of aromatic amines is 1. The van der Waals surface area contributed by atoms with Crippen molar-refractivity contribution in [2.75, 3.05) is 18.6 Å². The van der Waals surface area contributed by atoms with Crippen LogP contribution in [0, 0.1) is 0 Å². The minimum absolute atomic E-state index is 0.00945. The van der Waals surface area contributed by atoms with Gasteiger partial charge in [-0.05, 0) is 0 Å². The molecule has 0 aliphatic carbocycles. The van der Waals surface area contributed by atoms with Gasteiger partial charge in [-0.2, -0.15) is 5.10 Å². The number of anilines is 1. The van der Waals surface area contributed by atoms with Crippen LogP contribution in [-0.4, -0.2) is 40.6 Å². The van der Waals surface area contributed by atoms with Crippen molar-refractivity contribution in [3.8, 4) is 0 Å². The fourth-order valence-corrected chi connectivity index (χ4v) is 2.12. The number of ether oxygens (including phenoxy) is 1. The molecule has 86 valence electrons. The van der Waals surface area contributed by atoms with Gasteiger partial charge in [0.25, 0.3) is 0 Å². The number of halogens is 1. The van der Waals surface area contributed by atoms with Gasteiger partial charge in [0.05, 0.1) is 7.11 Å². The molecule has 1 aromatic rings. The second-order valence-corrected chi connectivity index (χ2v) is 4.73. The van der Waals surface area contributed by atoms with Crippen molar-refractivity contribution in [3.05, 3.63) is 11.8 Å². The van der Waals surface area contributed by atoms with E-state index in [1.807, 2.05) is 0 Å². The van der Waals surface area contributed by atoms with Gasteiger partial charge in [0.1, 0.15) is 5.69 Å². The van der Waals surface area contributed by atoms with Gasteiger partial charge in [-0.1, -0.05) is 15.9 Å². The van der Waals surface area contributed by atoms with Crippen molar-refractivity contribution >= 4 is 33.6 Å². The van der Waals surface area contributed by atoms with Crippen LogP contribution in [0.15, 0.2) is 6.07 Å². The molecule has 0 aromatic carbocycles. The maximum Gasteiger partial charge on any atom is 0.356 e. The van der Waals surface area contributed by atoms with Gasteiger partial charge in [0.2, 0.25) is 5.91 Å². The number of H-pyrrole nitrogens is 1. The van der Waals surface area contributed by atoms with Crippen LogP contribution in [0.4, 0.5) is 5.82 Å². The summed E-state index contributed by atoms with van der Waals surface area (Å²) in [5.41, 5.74) is 0.239. The van der Waals surface area contributed by atoms with Gasteiger partial charge >= 0.3 is 5.97 Å². The van der Waals surface area contributed by atoms with Crippen LogP contribution in [-0.2, 0) is 9.53 Å². The van der Waals surface area contributed by atoms with Crippen LogP contribution < -0.4 is 4.90 Å². The van der Waals surface area contributed by atoms with E-state index in [-0.39, 0.29) is 16.4 Å². The number of amides is 1. The second-order valence-electron chi connectivity index (χ2n) is 3.44. The Morgan fingerprint density at radius 1 is 1.75 bits per heavy atom. The Bertz CT molecular complexity index is 431. The molecule has 1 aliphatic rings. The molecule has 7 heteroatoms. The van der Waals surface area contributed by atoms with E-state index >= 15 is 0 Å². The molecule has 16 heavy (non-hydrogen) atoms. The smallest absolute Gasteiger partial charge is 0.356 e. The molecular weight excluding hydrogens is 278 g/mol. The minimum Gasteiger partial charge on any atom is -0.464 e. The van der Waals surface area contributed by atoms with Crippen LogP contribution >= 0.6 is 15.9 Å². The number of carbonyl (C=O) groups is 2. The third-order valence-electron chi connectivity index (χ3n) is 2.32. The van der Waals surface area contributed by atoms with E-state index in [2.05, 4.69) is 30.9 Å². The van der Waals surface area contributed by atoms with Gasteiger partial charge in [0.15, 0.2) is 5.82 Å². The molecule has 1 atom stereocenters. The average molecular weight is 288 g/mol. The molecule has 1 amide bonds. The lowest BCUT2D eigenvalue weighted by Gasteiger charge is -2.10. The van der Waals surface area contributed by atoms with Crippen LogP contribution in [0.1, 0.15) is 16.9 Å². The summed E-state index contributed by atoms with van der Waals surface area (Å²) in [6, 6.07) is 1.51. The third kappa shape index (κ3) is 1.95. The highest BCUT2D eigenvalue weighted by atomic mass is 79.9. The fraction of sp³-hybridized carbons (Fsp3) is 0.444. The van der Waals surface area contributed by atoms with E-state index in [0.29, 0.717) is 18.8 Å². The molecule has 0 spiro atoms. The highest BCUT2D eigenvalue weighted by molar-refractivity contribution is 9.09. The normalized spacial score (nSPS) is 20.2. The van der Waals surface area contributed by atoms with Crippen molar-refractivity contribution in [1.82, 2.24) is 10.2 Å². The lowest BCUT2D eigenvalue weighted by Crippen LogP contribution is -2.24. The van der Waals surface area contributed by atoms with Crippen molar-refractivity contribution in [1.29, 1.82) is 0 Å². The first-order chi connectivity index (χ1) is 7.61. The maximum atomic E-state index is 11.6. The van der Waals surface area contributed by atoms with Gasteiger partial charge in [-0.25, -0.2) is 4.79 Å². The summed E-state index contributed by atoms with van der Waals surface area (Å²) in [5, 5.41) is 6.45. The first-order valence-corrected chi connectivity index (χ1v) is 5.61. The number of alkyl halides is 1. The lowest BCUT2D eigenvalue weighted by molar-refractivity contribution is -0.117. The topological polar surface area (TPSA) is 75.3 Å². The number of methoxy groups -OCH3 is 1. The van der Waals surface area contributed by atoms with E-state index in [1.54, 1.807) is 0 Å². The van der Waals surface area contributed by atoms with Crippen molar-refractivity contribution in [2.45, 2.75) is 11.2 Å². The molecule has 2 rings (SSSR count). The zero-order chi connectivity index (χ0) is 11.7. The average Bonchev–Trinajstić information content (AvgIpc) is 2.83. The van der Waals surface area contributed by atoms with Crippen molar-refractivity contribution in [2.24, 2.45) is 0 Å². The lowest BCUT2D eigenvalue weighted by atomic mass is 10.4. The van der Waals surface area contributed by atoms with Crippen molar-refractivity contribution in [3.63, 3.8) is 0 Å². The number of aromatic nitrogens is 2. The number of rotatable bonds is 2. The molecule has 1 unspecified atom stereocenters. The highest BCUT2D eigenvalue weighted by Crippen LogP contribution is 2.23. The summed E-state index contributed by atoms with van der Waals surface area (Å²) in [5.74, 6) is -0.0575. The minimum atomic E-state index is -0.499. The van der Waals surface area contributed by atoms with E-state index in [4.69, 9.17) is 0 Å². The number of carbonyl (C=O) groups excluding carboxylic acids is 2. The molecule has 2 heterocycles. The van der Waals surface area contributed by atoms with Crippen molar-refractivity contribution < 1.29 is 14.3 Å². The monoisotopic (exact) mass is 287 g/mol. The molecule has 1 aliphatic heterocycles. The van der Waals surface area contributed by atoms with Crippen LogP contribution in [0.2, 0.25) is 0 Å². The van der Waals surface area contributed by atoms with Crippen LogP contribution in [0.3, 0.4) is 0 Å². The highest BCUT2D eigenvalue weighted by Gasteiger charge is 2.30. The summed E-state index contributed by atoms with van der Waals surface area (Å²) < 4.78 is 4.54. The van der Waals surface area contributed by atoms with Gasteiger partial charge in [-0.15, -0.1) is 0 Å². The quantitative estimate of drug-likeness (QED) is 0.642. The van der Waals surface area contributed by atoms with E-state index in [9.17, 15) is 9.59 Å². The molecule has 0 radical (unpaired) electrons. The molecule has 6 nitrogen and oxygen atoms in total. The zero-order valence-electron chi connectivity index (χ0n) is 8.57. The first kappa shape index (κ1) is 11.1. The van der Waals surface area contributed by atoms with Gasteiger partial charge in [-0.3, -0.25) is 14.8 Å². The summed E-state index contributed by atoms with van der Waals surface area (Å²) in [4.78, 5) is 24.4. The molecule has 1 N–H and O–H groups in total. The summed E-state index contributed by atoms with van der Waals surface area (Å²) in [7, 11) is 1.29. The second kappa shape index (κ2) is 4.25. The molecule has 0 saturated carbocycles. The van der Waals surface area contributed by atoms with E-state index in [0.717, 1.165) is 0 Å². The Hall–Kier alpha value is -1.37. The Balaban J connectivity index is 2.19. The number of hydrogen-bond donors (Lipinski definition) is 1.